The molecule has 21 heavy (non-hydrogen) atoms. The van der Waals surface area contributed by atoms with E-state index in [2.05, 4.69) is 10.5 Å². The molecule has 2 rings (SSSR count). The maximum absolute atomic E-state index is 10.7. The number of rotatable bonds is 4. The number of phenolic OH excluding ortho intramolecular Hbond substituents is 1. The Hall–Kier alpha value is -1.38. The fourth-order valence-corrected chi connectivity index (χ4v) is 1.94. The zero-order valence-corrected chi connectivity index (χ0v) is 14.0. The number of nitrogens with one attached hydrogen (secondary N) is 1. The van der Waals surface area contributed by atoms with Crippen molar-refractivity contribution in [2.75, 3.05) is 5.43 Å². The van der Waals surface area contributed by atoms with Gasteiger partial charge in [0.15, 0.2) is 0 Å². The Morgan fingerprint density at radius 1 is 1.10 bits per heavy atom. The Morgan fingerprint density at radius 2 is 1.71 bits per heavy atom. The van der Waals surface area contributed by atoms with Crippen LogP contribution in [0.15, 0.2) is 58.5 Å². The molecule has 2 aromatic rings. The average Bonchev–Trinajstić information content (AvgIpc) is 2.40. The molecular formula is C13H11N2NaO4S. The van der Waals surface area contributed by atoms with Gasteiger partial charge in [-0.2, -0.15) is 5.10 Å². The van der Waals surface area contributed by atoms with Gasteiger partial charge >= 0.3 is 29.6 Å². The van der Waals surface area contributed by atoms with Gasteiger partial charge in [-0.3, -0.25) is 5.43 Å². The third-order valence-electron chi connectivity index (χ3n) is 2.48. The molecule has 0 saturated carbocycles. The number of aromatic hydroxyl groups is 1. The topological polar surface area (TPSA) is 102 Å². The van der Waals surface area contributed by atoms with E-state index in [-0.39, 0.29) is 40.2 Å². The summed E-state index contributed by atoms with van der Waals surface area (Å²) < 4.78 is 32.2. The van der Waals surface area contributed by atoms with Crippen LogP contribution >= 0.6 is 0 Å². The molecule has 0 aromatic heterocycles. The summed E-state index contributed by atoms with van der Waals surface area (Å²) in [5.74, 6) is 0.103. The third kappa shape index (κ3) is 5.14. The predicted molar refractivity (Wildman–Crippen MR) is 73.7 cm³/mol. The number of hydrazone groups is 1. The van der Waals surface area contributed by atoms with E-state index in [4.69, 9.17) is 0 Å². The minimum absolute atomic E-state index is 0. The summed E-state index contributed by atoms with van der Waals surface area (Å²) in [5, 5.41) is 13.4. The quantitative estimate of drug-likeness (QED) is 0.318. The van der Waals surface area contributed by atoms with Crippen molar-refractivity contribution in [3.8, 4) is 5.75 Å². The van der Waals surface area contributed by atoms with Crippen molar-refractivity contribution in [1.82, 2.24) is 0 Å². The van der Waals surface area contributed by atoms with E-state index in [0.717, 1.165) is 0 Å². The van der Waals surface area contributed by atoms with Gasteiger partial charge < -0.3 is 9.66 Å². The summed E-state index contributed by atoms with van der Waals surface area (Å²) in [6, 6.07) is 11.9. The van der Waals surface area contributed by atoms with E-state index >= 15 is 0 Å². The van der Waals surface area contributed by atoms with E-state index in [0.29, 0.717) is 11.3 Å². The van der Waals surface area contributed by atoms with Crippen LogP contribution in [0, 0.1) is 0 Å². The summed E-state index contributed by atoms with van der Waals surface area (Å²) in [7, 11) is -4.44. The molecule has 2 N–H and O–H groups in total. The third-order valence-corrected chi connectivity index (χ3v) is 3.33. The van der Waals surface area contributed by atoms with E-state index < -0.39 is 10.1 Å². The molecule has 2 aromatic carbocycles. The Kier molecular flexibility index (Phi) is 6.38. The molecule has 0 bridgehead atoms. The average molecular weight is 314 g/mol. The summed E-state index contributed by atoms with van der Waals surface area (Å²) in [6.45, 7) is 0. The first kappa shape index (κ1) is 17.7. The van der Waals surface area contributed by atoms with Crippen molar-refractivity contribution < 1.29 is 47.6 Å². The second-order valence-electron chi connectivity index (χ2n) is 3.91. The van der Waals surface area contributed by atoms with Crippen molar-refractivity contribution in [2.45, 2.75) is 4.90 Å². The van der Waals surface area contributed by atoms with Crippen LogP contribution in [0.4, 0.5) is 5.69 Å². The smallest absolute Gasteiger partial charge is 0.744 e. The number of benzene rings is 2. The van der Waals surface area contributed by atoms with Crippen LogP contribution in [0.25, 0.3) is 0 Å². The van der Waals surface area contributed by atoms with Crippen molar-refractivity contribution >= 4 is 22.0 Å². The number of hydrogen-bond donors (Lipinski definition) is 2. The molecule has 0 aliphatic rings. The van der Waals surface area contributed by atoms with Gasteiger partial charge in [-0.15, -0.1) is 0 Å². The van der Waals surface area contributed by atoms with Crippen LogP contribution in [0.1, 0.15) is 5.56 Å². The molecule has 0 heterocycles. The van der Waals surface area contributed by atoms with Crippen LogP contribution in [-0.2, 0) is 10.1 Å². The first-order valence-corrected chi connectivity index (χ1v) is 7.01. The first-order valence-electron chi connectivity index (χ1n) is 5.60. The Labute approximate surface area is 144 Å². The monoisotopic (exact) mass is 314 g/mol. The van der Waals surface area contributed by atoms with Gasteiger partial charge in [0.05, 0.1) is 16.8 Å². The summed E-state index contributed by atoms with van der Waals surface area (Å²) >= 11 is 0. The minimum atomic E-state index is -4.44. The van der Waals surface area contributed by atoms with Crippen molar-refractivity contribution in [1.29, 1.82) is 0 Å². The molecule has 0 aliphatic carbocycles. The molecule has 0 unspecified atom stereocenters. The zero-order valence-electron chi connectivity index (χ0n) is 11.2. The number of para-hydroxylation sites is 1. The first-order chi connectivity index (χ1) is 9.47. The van der Waals surface area contributed by atoms with Gasteiger partial charge in [-0.05, 0) is 36.4 Å². The molecule has 0 aliphatic heterocycles. The van der Waals surface area contributed by atoms with Gasteiger partial charge in [0, 0.05) is 5.56 Å². The number of anilines is 1. The molecule has 0 saturated heterocycles. The maximum atomic E-state index is 10.7. The van der Waals surface area contributed by atoms with Gasteiger partial charge in [-0.1, -0.05) is 12.1 Å². The van der Waals surface area contributed by atoms with Crippen LogP contribution in [0.2, 0.25) is 0 Å². The molecule has 104 valence electrons. The molecule has 0 amide bonds. The van der Waals surface area contributed by atoms with E-state index in [1.807, 2.05) is 0 Å². The van der Waals surface area contributed by atoms with Crippen molar-refractivity contribution in [2.24, 2.45) is 5.10 Å². The second-order valence-corrected chi connectivity index (χ2v) is 5.29. The van der Waals surface area contributed by atoms with Gasteiger partial charge in [-0.25, -0.2) is 8.42 Å². The molecule has 0 radical (unpaired) electrons. The predicted octanol–water partition coefficient (Wildman–Crippen LogP) is -1.25. The number of hydrogen-bond acceptors (Lipinski definition) is 6. The largest absolute Gasteiger partial charge is 1.00 e. The van der Waals surface area contributed by atoms with Gasteiger partial charge in [0.25, 0.3) is 0 Å². The van der Waals surface area contributed by atoms with Crippen molar-refractivity contribution in [3.63, 3.8) is 0 Å². The van der Waals surface area contributed by atoms with E-state index in [1.165, 1.54) is 36.5 Å². The number of phenols is 1. The normalized spacial score (nSPS) is 11.1. The second kappa shape index (κ2) is 7.58. The van der Waals surface area contributed by atoms with Crippen LogP contribution in [0.5, 0.6) is 5.75 Å². The summed E-state index contributed by atoms with van der Waals surface area (Å²) in [4.78, 5) is -0.298. The zero-order chi connectivity index (χ0) is 14.6. The minimum Gasteiger partial charge on any atom is -0.744 e. The molecule has 0 fully saturated rings. The molecule has 0 atom stereocenters. The van der Waals surface area contributed by atoms with Gasteiger partial charge in [0.1, 0.15) is 15.9 Å². The Bertz CT molecular complexity index is 730. The molecular weight excluding hydrogens is 303 g/mol. The van der Waals surface area contributed by atoms with E-state index in [1.54, 1.807) is 18.2 Å². The van der Waals surface area contributed by atoms with Crippen molar-refractivity contribution in [3.05, 3.63) is 54.1 Å². The maximum Gasteiger partial charge on any atom is 1.00 e. The Morgan fingerprint density at radius 3 is 2.29 bits per heavy atom. The number of nitrogens with zero attached hydrogens (tertiary/aromatic N) is 1. The molecule has 8 heteroatoms. The standard InChI is InChI=1S/C13H12N2O4S.Na/c16-13-4-2-1-3-10(13)9-14-15-11-5-7-12(8-6-11)20(17,18)19;/h1-9,15-16H,(H,17,18,19);/q;+1/p-1/b14-9+;. The molecule has 6 nitrogen and oxygen atoms in total. The van der Waals surface area contributed by atoms with Crippen LogP contribution in [0.3, 0.4) is 0 Å². The fourth-order valence-electron chi connectivity index (χ4n) is 1.47. The molecule has 0 spiro atoms. The van der Waals surface area contributed by atoms with E-state index in [9.17, 15) is 18.1 Å². The SMILES string of the molecule is O=S(=O)([O-])c1ccc(N/N=C/c2ccccc2O)cc1.[Na+]. The van der Waals surface area contributed by atoms with Gasteiger partial charge in [0.2, 0.25) is 0 Å². The van der Waals surface area contributed by atoms with Crippen LogP contribution < -0.4 is 35.0 Å². The Balaban J connectivity index is 0.00000220. The summed E-state index contributed by atoms with van der Waals surface area (Å²) in [5.41, 5.74) is 3.72. The summed E-state index contributed by atoms with van der Waals surface area (Å²) in [6.07, 6.45) is 1.42. The van der Waals surface area contributed by atoms with Crippen LogP contribution in [-0.4, -0.2) is 24.3 Å². The fraction of sp³-hybridized carbons (Fsp3) is 0.